The van der Waals surface area contributed by atoms with Crippen LogP contribution >= 0.6 is 23.5 Å². The Balaban J connectivity index is 3.12. The van der Waals surface area contributed by atoms with Crippen molar-refractivity contribution < 1.29 is 5.21 Å². The average Bonchev–Trinajstić information content (AvgIpc) is 2.43. The topological polar surface area (TPSA) is 80.2 Å². The number of hydrogen-bond donors (Lipinski definition) is 1. The summed E-state index contributed by atoms with van der Waals surface area (Å²) in [5, 5.41) is 29.7. The zero-order valence-corrected chi connectivity index (χ0v) is 9.24. The summed E-state index contributed by atoms with van der Waals surface area (Å²) < 4.78 is 0.237. The first-order valence-electron chi connectivity index (χ1n) is 3.69. The monoisotopic (exact) mass is 225 g/mol. The van der Waals surface area contributed by atoms with Crippen molar-refractivity contribution in [1.29, 1.82) is 10.5 Å². The Labute approximate surface area is 90.3 Å². The lowest BCUT2D eigenvalue weighted by atomic mass is 10.2. The van der Waals surface area contributed by atoms with Crippen LogP contribution < -0.4 is 0 Å². The fraction of sp³-hybridized carbons (Fsp3) is 0.375. The smallest absolute Gasteiger partial charge is 0.150 e. The molecule has 1 aliphatic rings. The zero-order valence-electron chi connectivity index (χ0n) is 7.61. The van der Waals surface area contributed by atoms with Crippen molar-refractivity contribution in [3.63, 3.8) is 0 Å². The zero-order chi connectivity index (χ0) is 10.8. The highest BCUT2D eigenvalue weighted by molar-refractivity contribution is 8.35. The van der Waals surface area contributed by atoms with Crippen LogP contribution in [0.5, 0.6) is 0 Å². The summed E-state index contributed by atoms with van der Waals surface area (Å²) >= 11 is 2.54. The van der Waals surface area contributed by atoms with Crippen molar-refractivity contribution in [3.05, 3.63) is 9.81 Å². The van der Waals surface area contributed by atoms with Crippen LogP contribution in [0.3, 0.4) is 0 Å². The fourth-order valence-electron chi connectivity index (χ4n) is 0.866. The van der Waals surface area contributed by atoms with Crippen LogP contribution in [0.1, 0.15) is 13.8 Å². The van der Waals surface area contributed by atoms with E-state index in [4.69, 9.17) is 15.7 Å². The summed E-state index contributed by atoms with van der Waals surface area (Å²) in [6.45, 7) is 3.75. The summed E-state index contributed by atoms with van der Waals surface area (Å²) in [4.78, 5) is 0. The lowest BCUT2D eigenvalue weighted by Gasteiger charge is -2.12. The third-order valence-corrected chi connectivity index (χ3v) is 4.47. The van der Waals surface area contributed by atoms with Crippen LogP contribution in [0.15, 0.2) is 15.0 Å². The van der Waals surface area contributed by atoms with Crippen molar-refractivity contribution in [1.82, 2.24) is 0 Å². The highest BCUT2D eigenvalue weighted by Crippen LogP contribution is 2.51. The Kier molecular flexibility index (Phi) is 3.10. The van der Waals surface area contributed by atoms with E-state index in [9.17, 15) is 0 Å². The van der Waals surface area contributed by atoms with Crippen LogP contribution in [0.25, 0.3) is 0 Å². The van der Waals surface area contributed by atoms with Gasteiger partial charge in [0.2, 0.25) is 0 Å². The lowest BCUT2D eigenvalue weighted by Crippen LogP contribution is -2.19. The van der Waals surface area contributed by atoms with E-state index < -0.39 is 0 Å². The number of rotatable bonds is 0. The van der Waals surface area contributed by atoms with Crippen LogP contribution in [0, 0.1) is 22.7 Å². The van der Waals surface area contributed by atoms with Gasteiger partial charge in [0.05, 0.1) is 8.98 Å². The van der Waals surface area contributed by atoms with Gasteiger partial charge in [0.25, 0.3) is 0 Å². The van der Waals surface area contributed by atoms with E-state index in [-0.39, 0.29) is 10.3 Å². The molecule has 0 amide bonds. The molecular weight excluding hydrogens is 218 g/mol. The molecule has 1 rings (SSSR count). The Morgan fingerprint density at radius 3 is 2.36 bits per heavy atom. The van der Waals surface area contributed by atoms with Crippen molar-refractivity contribution in [2.75, 3.05) is 0 Å². The molecule has 0 aliphatic carbocycles. The van der Waals surface area contributed by atoms with Gasteiger partial charge in [-0.1, -0.05) is 16.9 Å². The van der Waals surface area contributed by atoms with E-state index in [0.29, 0.717) is 9.28 Å². The molecule has 4 nitrogen and oxygen atoms in total. The second-order valence-corrected chi connectivity index (χ2v) is 5.90. The predicted octanol–water partition coefficient (Wildman–Crippen LogP) is 2.29. The molecule has 6 heteroatoms. The molecule has 0 aromatic rings. The summed E-state index contributed by atoms with van der Waals surface area (Å²) in [7, 11) is 0. The van der Waals surface area contributed by atoms with Crippen LogP contribution in [-0.4, -0.2) is 15.0 Å². The van der Waals surface area contributed by atoms with Crippen LogP contribution in [0.2, 0.25) is 0 Å². The number of hydrogen-bond acceptors (Lipinski definition) is 6. The van der Waals surface area contributed by atoms with Crippen molar-refractivity contribution >= 4 is 28.6 Å². The Bertz CT molecular complexity index is 382. The van der Waals surface area contributed by atoms with Gasteiger partial charge >= 0.3 is 0 Å². The van der Waals surface area contributed by atoms with Gasteiger partial charge in [0.15, 0.2) is 0 Å². The van der Waals surface area contributed by atoms with E-state index in [1.807, 2.05) is 26.0 Å². The van der Waals surface area contributed by atoms with Gasteiger partial charge in [-0.2, -0.15) is 10.5 Å². The van der Waals surface area contributed by atoms with Gasteiger partial charge in [0.1, 0.15) is 22.8 Å². The summed E-state index contributed by atoms with van der Waals surface area (Å²) in [6.07, 6.45) is 0. The Morgan fingerprint density at radius 1 is 1.43 bits per heavy atom. The molecule has 0 unspecified atom stereocenters. The van der Waals surface area contributed by atoms with E-state index in [1.54, 1.807) is 0 Å². The lowest BCUT2D eigenvalue weighted by molar-refractivity contribution is 0.319. The fourth-order valence-corrected chi connectivity index (χ4v) is 3.59. The Hall–Kier alpha value is -1.11. The number of thioether (sulfide) groups is 2. The Morgan fingerprint density at radius 2 is 2.00 bits per heavy atom. The highest BCUT2D eigenvalue weighted by atomic mass is 32.2. The van der Waals surface area contributed by atoms with Crippen LogP contribution in [-0.2, 0) is 0 Å². The average molecular weight is 225 g/mol. The van der Waals surface area contributed by atoms with Crippen molar-refractivity contribution in [3.8, 4) is 12.1 Å². The second kappa shape index (κ2) is 3.95. The molecule has 0 saturated carbocycles. The van der Waals surface area contributed by atoms with E-state index in [0.717, 1.165) is 0 Å². The van der Waals surface area contributed by atoms with Gasteiger partial charge in [0, 0.05) is 0 Å². The molecule has 1 N–H and O–H groups in total. The number of oxime groups is 1. The second-order valence-electron chi connectivity index (χ2n) is 3.01. The first-order valence-corrected chi connectivity index (χ1v) is 5.32. The molecule has 1 aliphatic heterocycles. The first-order chi connectivity index (χ1) is 6.55. The molecular formula is C8H7N3OS2. The third-order valence-electron chi connectivity index (χ3n) is 1.57. The van der Waals surface area contributed by atoms with Crippen molar-refractivity contribution in [2.24, 2.45) is 5.16 Å². The summed E-state index contributed by atoms with van der Waals surface area (Å²) in [5.41, 5.74) is 0.0757. The molecule has 72 valence electrons. The maximum atomic E-state index is 8.71. The number of nitriles is 2. The molecule has 1 heterocycles. The molecule has 0 aromatic carbocycles. The first kappa shape index (κ1) is 11.0. The van der Waals surface area contributed by atoms with Gasteiger partial charge < -0.3 is 5.21 Å². The maximum Gasteiger partial charge on any atom is 0.150 e. The van der Waals surface area contributed by atoms with Gasteiger partial charge in [-0.05, 0) is 13.8 Å². The SMILES string of the molecule is CC1(C)SC(=C(C#N)C#N)S/C1=N\O. The normalized spacial score (nSPS) is 21.7. The maximum absolute atomic E-state index is 8.71. The van der Waals surface area contributed by atoms with E-state index >= 15 is 0 Å². The predicted molar refractivity (Wildman–Crippen MR) is 56.7 cm³/mol. The minimum atomic E-state index is -0.367. The molecule has 0 radical (unpaired) electrons. The van der Waals surface area contributed by atoms with E-state index in [2.05, 4.69) is 5.16 Å². The third kappa shape index (κ3) is 1.87. The molecule has 0 spiro atoms. The van der Waals surface area contributed by atoms with Gasteiger partial charge in [-0.25, -0.2) is 0 Å². The summed E-state index contributed by atoms with van der Waals surface area (Å²) in [5.74, 6) is 0. The van der Waals surface area contributed by atoms with Gasteiger partial charge in [-0.15, -0.1) is 11.8 Å². The number of allylic oxidation sites excluding steroid dienone is 1. The molecule has 1 fully saturated rings. The quantitative estimate of drug-likeness (QED) is 0.388. The largest absolute Gasteiger partial charge is 0.410 e. The number of nitrogens with zero attached hydrogens (tertiary/aromatic N) is 3. The molecule has 1 saturated heterocycles. The minimum absolute atomic E-state index is 0.0757. The molecule has 0 atom stereocenters. The van der Waals surface area contributed by atoms with Crippen molar-refractivity contribution in [2.45, 2.75) is 18.6 Å². The van der Waals surface area contributed by atoms with E-state index in [1.165, 1.54) is 23.5 Å². The molecule has 0 aromatic heterocycles. The summed E-state index contributed by atoms with van der Waals surface area (Å²) in [6, 6.07) is 3.63. The van der Waals surface area contributed by atoms with Crippen LogP contribution in [0.4, 0.5) is 0 Å². The van der Waals surface area contributed by atoms with Gasteiger partial charge in [-0.3, -0.25) is 0 Å². The highest BCUT2D eigenvalue weighted by Gasteiger charge is 2.38. The minimum Gasteiger partial charge on any atom is -0.410 e. The standard InChI is InChI=1S/C8H7N3OS2/c1-8(2)7(11-12)13-6(14-8)5(3-9)4-10/h12H,1-2H3/b11-7-. The molecule has 14 heavy (non-hydrogen) atoms. The molecule has 0 bridgehead atoms.